The van der Waals surface area contributed by atoms with E-state index < -0.39 is 0 Å². The van der Waals surface area contributed by atoms with Crippen LogP contribution < -0.4 is 5.32 Å². The number of pyridine rings is 1. The summed E-state index contributed by atoms with van der Waals surface area (Å²) in [6, 6.07) is 14.7. The minimum Gasteiger partial charge on any atom is -0.371 e. The molecule has 2 aliphatic heterocycles. The van der Waals surface area contributed by atoms with Gasteiger partial charge in [-0.15, -0.1) is 0 Å². The topological polar surface area (TPSA) is 84.6 Å². The van der Waals surface area contributed by atoms with Gasteiger partial charge in [0, 0.05) is 55.2 Å². The third kappa shape index (κ3) is 6.73. The van der Waals surface area contributed by atoms with Gasteiger partial charge in [0.1, 0.15) is 4.11 Å². The number of methoxy groups -OCH3 is 1. The molecule has 9 heteroatoms. The van der Waals surface area contributed by atoms with Crippen molar-refractivity contribution in [1.82, 2.24) is 29.8 Å². The van der Waals surface area contributed by atoms with Crippen LogP contribution in [-0.2, 0) is 9.53 Å². The van der Waals surface area contributed by atoms with Gasteiger partial charge in [-0.2, -0.15) is 9.61 Å². The third-order valence-electron chi connectivity index (χ3n) is 9.65. The molecule has 3 unspecified atom stereocenters. The van der Waals surface area contributed by atoms with Gasteiger partial charge in [-0.1, -0.05) is 76.2 Å². The predicted molar refractivity (Wildman–Crippen MR) is 193 cm³/mol. The highest BCUT2D eigenvalue weighted by Gasteiger charge is 2.27. The zero-order valence-corrected chi connectivity index (χ0v) is 29.1. The van der Waals surface area contributed by atoms with Gasteiger partial charge in [0.25, 0.3) is 0 Å². The van der Waals surface area contributed by atoms with Gasteiger partial charge in [0.2, 0.25) is 5.91 Å². The fraction of sp³-hybridized carbons (Fsp3) is 0.432. The molecule has 1 saturated heterocycles. The summed E-state index contributed by atoms with van der Waals surface area (Å²) in [6.45, 7) is 7.86. The van der Waals surface area contributed by atoms with Crippen LogP contribution in [0.15, 0.2) is 72.5 Å². The summed E-state index contributed by atoms with van der Waals surface area (Å²) in [5.74, 6) is 1.16. The molecule has 46 heavy (non-hydrogen) atoms. The molecule has 4 aromatic rings. The van der Waals surface area contributed by atoms with Crippen molar-refractivity contribution in [2.45, 2.75) is 56.0 Å². The van der Waals surface area contributed by atoms with Crippen molar-refractivity contribution in [1.29, 1.82) is 0 Å². The molecule has 240 valence electrons. The molecule has 7 rings (SSSR count). The van der Waals surface area contributed by atoms with E-state index in [1.54, 1.807) is 0 Å². The Kier molecular flexibility index (Phi) is 9.42. The number of rotatable bonds is 8. The van der Waals surface area contributed by atoms with Crippen LogP contribution in [0, 0.1) is 18.8 Å². The van der Waals surface area contributed by atoms with Crippen LogP contribution in [0.2, 0.25) is 0 Å². The van der Waals surface area contributed by atoms with E-state index in [2.05, 4.69) is 81.8 Å². The Morgan fingerprint density at radius 2 is 1.96 bits per heavy atom. The molecule has 3 aliphatic rings. The second-order valence-corrected chi connectivity index (χ2v) is 16.4. The van der Waals surface area contributed by atoms with E-state index in [0.29, 0.717) is 10.0 Å². The maximum Gasteiger partial charge on any atom is 0.223 e. The van der Waals surface area contributed by atoms with E-state index in [1.807, 2.05) is 30.8 Å². The van der Waals surface area contributed by atoms with Gasteiger partial charge in [-0.05, 0) is 78.7 Å². The van der Waals surface area contributed by atoms with E-state index in [-0.39, 0.29) is 38.5 Å². The summed E-state index contributed by atoms with van der Waals surface area (Å²) in [5, 5.41) is 8.95. The molecule has 0 spiro atoms. The monoisotopic (exact) mass is 730 g/mol. The van der Waals surface area contributed by atoms with Gasteiger partial charge in [0.05, 0.1) is 11.4 Å². The van der Waals surface area contributed by atoms with Crippen LogP contribution in [-0.4, -0.2) is 71.3 Å². The number of benzene rings is 1. The van der Waals surface area contributed by atoms with Crippen LogP contribution >= 0.6 is 20.7 Å². The van der Waals surface area contributed by atoms with Gasteiger partial charge in [0.15, 0.2) is 11.3 Å². The summed E-state index contributed by atoms with van der Waals surface area (Å²) in [5.41, 5.74) is 7.30. The van der Waals surface area contributed by atoms with Gasteiger partial charge < -0.3 is 10.1 Å². The zero-order valence-electron chi connectivity index (χ0n) is 27.0. The zero-order chi connectivity index (χ0) is 31.6. The van der Waals surface area contributed by atoms with Crippen LogP contribution in [0.5, 0.6) is 0 Å². The Morgan fingerprint density at radius 3 is 2.72 bits per heavy atom. The van der Waals surface area contributed by atoms with Gasteiger partial charge in [-0.25, -0.2) is 9.97 Å². The molecule has 0 radical (unpaired) electrons. The van der Waals surface area contributed by atoms with Crippen molar-refractivity contribution in [2.75, 3.05) is 33.3 Å². The highest BCUT2D eigenvalue weighted by Crippen LogP contribution is 2.36. The highest BCUT2D eigenvalue weighted by molar-refractivity contribution is 14.2. The van der Waals surface area contributed by atoms with E-state index >= 15 is 0 Å². The molecule has 1 aliphatic carbocycles. The van der Waals surface area contributed by atoms with E-state index in [9.17, 15) is 4.79 Å². The number of fused-ring (bicyclic) bond motifs is 3. The van der Waals surface area contributed by atoms with Gasteiger partial charge >= 0.3 is 0 Å². The van der Waals surface area contributed by atoms with E-state index in [0.717, 1.165) is 91.1 Å². The van der Waals surface area contributed by atoms with E-state index in [1.165, 1.54) is 15.5 Å². The average molecular weight is 731 g/mol. The van der Waals surface area contributed by atoms with Crippen molar-refractivity contribution in [2.24, 2.45) is 11.8 Å². The third-order valence-corrected chi connectivity index (χ3v) is 13.8. The number of aromatic nitrogens is 4. The van der Waals surface area contributed by atoms with Crippen molar-refractivity contribution in [3.05, 3.63) is 83.9 Å². The molecular formula is C37H43IN6O2. The second kappa shape index (κ2) is 13.8. The molecular weight excluding hydrogens is 687 g/mol. The summed E-state index contributed by atoms with van der Waals surface area (Å²) < 4.78 is 9.50. The van der Waals surface area contributed by atoms with Gasteiger partial charge in [-0.3, -0.25) is 9.69 Å². The first-order valence-electron chi connectivity index (χ1n) is 16.5. The normalized spacial score (nSPS) is 22.8. The lowest BCUT2D eigenvalue weighted by atomic mass is 9.88. The highest BCUT2D eigenvalue weighted by atomic mass is 127. The number of nitrogens with zero attached hydrogens (tertiary/aromatic N) is 5. The number of alkyl halides is 1. The van der Waals surface area contributed by atoms with Crippen LogP contribution in [0.3, 0.4) is 0 Å². The summed E-state index contributed by atoms with van der Waals surface area (Å²) in [6.07, 6.45) is 14.0. The molecule has 1 aromatic carbocycles. The molecule has 3 atom stereocenters. The quantitative estimate of drug-likeness (QED) is 0.163. The first kappa shape index (κ1) is 31.3. The smallest absolute Gasteiger partial charge is 0.223 e. The number of hydrogen-bond donors (Lipinski definition) is 1. The van der Waals surface area contributed by atoms with Crippen molar-refractivity contribution in [3.63, 3.8) is 0 Å². The molecule has 1 N–H and O–H groups in total. The molecule has 1 amide bonds. The summed E-state index contributed by atoms with van der Waals surface area (Å²) in [4.78, 5) is 25.4. The molecule has 0 saturated carbocycles. The number of piperidine rings is 1. The Hall–Kier alpha value is -3.28. The number of aryl methyl sites for hydroxylation is 1. The fourth-order valence-electron chi connectivity index (χ4n) is 6.96. The first-order valence-corrected chi connectivity index (χ1v) is 18.9. The van der Waals surface area contributed by atoms with Crippen molar-refractivity contribution in [3.8, 4) is 11.1 Å². The minimum atomic E-state index is -0.125. The second-order valence-electron chi connectivity index (χ2n) is 13.0. The van der Waals surface area contributed by atoms with E-state index in [4.69, 9.17) is 9.72 Å². The first-order chi connectivity index (χ1) is 22.4. The number of allylic oxidation sites excluding steroid dienone is 2. The minimum absolute atomic E-state index is 0.117. The molecule has 0 bridgehead atoms. The maximum atomic E-state index is 13.0. The summed E-state index contributed by atoms with van der Waals surface area (Å²) in [7, 11) is 1.83. The lowest BCUT2D eigenvalue weighted by Gasteiger charge is -2.32. The largest absolute Gasteiger partial charge is 0.371 e. The number of carbonyl (C=O) groups is 1. The summed E-state index contributed by atoms with van der Waals surface area (Å²) >= 11 is -0.125. The van der Waals surface area contributed by atoms with Crippen molar-refractivity contribution >= 4 is 46.8 Å². The number of ether oxygens (including phenoxy) is 1. The lowest BCUT2D eigenvalue weighted by molar-refractivity contribution is -0.126. The maximum absolute atomic E-state index is 13.0. The van der Waals surface area contributed by atoms with Crippen molar-refractivity contribution < 1.29 is 9.53 Å². The lowest BCUT2D eigenvalue weighted by Crippen LogP contribution is -2.42. The Bertz CT molecular complexity index is 1820. The van der Waals surface area contributed by atoms with Crippen LogP contribution in [0.1, 0.15) is 56.3 Å². The molecule has 3 aromatic heterocycles. The van der Waals surface area contributed by atoms with Crippen LogP contribution in [0.4, 0.5) is 0 Å². The average Bonchev–Trinajstić information content (AvgIpc) is 3.49. The van der Waals surface area contributed by atoms with Crippen LogP contribution in [0.25, 0.3) is 27.8 Å². The SMILES string of the molecule is COC1I=C(CNC(=O)C2CCN(CC3=CCC(c4nc5c(cnc6cc(C)nn65)cc4-c4ccccc4)C=C3)CC2)CCC1C. The Labute approximate surface area is 281 Å². The molecule has 5 heterocycles. The number of likely N-dealkylation sites (tertiary alicyclic amines) is 1. The number of halogens is 1. The standard InChI is InChI=1S/C37H43IN6O2/c1-24-9-14-31(38-35(24)46-3)22-40-37(45)29-15-17-43(18-16-29)23-26-10-12-28(13-11-26)34-32(27-7-5-4-6-8-27)20-30-21-39-33-19-25(2)42-44(33)36(30)41-34/h4-8,10-12,19-21,24,28-29,35H,9,13-18,22-23H2,1-3H3,(H,40,45). The Morgan fingerprint density at radius 1 is 1.13 bits per heavy atom. The predicted octanol–water partition coefficient (Wildman–Crippen LogP) is 6.60. The fourth-order valence-corrected chi connectivity index (χ4v) is 10.1. The molecule has 8 nitrogen and oxygen atoms in total. The Balaban J connectivity index is 0.990. The molecule has 1 fully saturated rings. The number of hydrogen-bond acceptors (Lipinski definition) is 6. The number of carbonyl (C=O) groups excluding carboxylic acids is 1. The number of nitrogens with one attached hydrogen (secondary N) is 1. The number of amides is 1.